The first kappa shape index (κ1) is 23.1. The van der Waals surface area contributed by atoms with Crippen LogP contribution in [-0.2, 0) is 21.4 Å². The molecule has 0 unspecified atom stereocenters. The molecule has 2 aromatic carbocycles. The molecular weight excluding hydrogens is 443 g/mol. The Morgan fingerprint density at radius 1 is 1.03 bits per heavy atom. The van der Waals surface area contributed by atoms with Gasteiger partial charge in [0.05, 0.1) is 11.4 Å². The minimum atomic E-state index is -3.93. The molecule has 0 saturated heterocycles. The summed E-state index contributed by atoms with van der Waals surface area (Å²) in [5.74, 6) is -0.319. The predicted octanol–water partition coefficient (Wildman–Crippen LogP) is 4.94. The molecule has 0 heterocycles. The van der Waals surface area contributed by atoms with Gasteiger partial charge in [0.1, 0.15) is 0 Å². The van der Waals surface area contributed by atoms with E-state index in [0.29, 0.717) is 15.6 Å². The number of amides is 1. The first-order valence-electron chi connectivity index (χ1n) is 10.1. The lowest BCUT2D eigenvalue weighted by Crippen LogP contribution is -2.44. The minimum absolute atomic E-state index is 0.0905. The Kier molecular flexibility index (Phi) is 7.80. The molecule has 1 aliphatic carbocycles. The van der Waals surface area contributed by atoms with Crippen molar-refractivity contribution in [2.24, 2.45) is 0 Å². The molecule has 5 nitrogen and oxygen atoms in total. The lowest BCUT2D eigenvalue weighted by molar-refractivity contribution is -0.122. The highest BCUT2D eigenvalue weighted by atomic mass is 35.5. The number of nitrogens with zero attached hydrogens (tertiary/aromatic N) is 1. The Bertz CT molecular complexity index is 968. The number of halogens is 2. The maximum absolute atomic E-state index is 13.4. The fraction of sp³-hybridized carbons (Fsp3) is 0.409. The lowest BCUT2D eigenvalue weighted by atomic mass is 9.95. The van der Waals surface area contributed by atoms with Crippen LogP contribution in [-0.4, -0.2) is 31.2 Å². The second-order valence-corrected chi connectivity index (χ2v) is 10.4. The average Bonchev–Trinajstić information content (AvgIpc) is 2.71. The van der Waals surface area contributed by atoms with Crippen LogP contribution < -0.4 is 5.32 Å². The summed E-state index contributed by atoms with van der Waals surface area (Å²) in [7, 11) is -3.93. The van der Waals surface area contributed by atoms with E-state index in [1.165, 1.54) is 6.42 Å². The molecule has 1 fully saturated rings. The van der Waals surface area contributed by atoms with Crippen molar-refractivity contribution < 1.29 is 13.2 Å². The highest BCUT2D eigenvalue weighted by Crippen LogP contribution is 2.28. The van der Waals surface area contributed by atoms with Gasteiger partial charge in [0, 0.05) is 28.2 Å². The van der Waals surface area contributed by atoms with Gasteiger partial charge in [0.25, 0.3) is 0 Å². The number of hydrogen-bond acceptors (Lipinski definition) is 3. The fourth-order valence-electron chi connectivity index (χ4n) is 3.63. The highest BCUT2D eigenvalue weighted by Gasteiger charge is 2.29. The summed E-state index contributed by atoms with van der Waals surface area (Å²) in [6.45, 7) is 1.50. The van der Waals surface area contributed by atoms with Crippen LogP contribution in [0.15, 0.2) is 47.4 Å². The van der Waals surface area contributed by atoms with Gasteiger partial charge in [-0.25, -0.2) is 8.42 Å². The van der Waals surface area contributed by atoms with E-state index in [9.17, 15) is 13.2 Å². The van der Waals surface area contributed by atoms with Crippen molar-refractivity contribution in [3.8, 4) is 0 Å². The van der Waals surface area contributed by atoms with Gasteiger partial charge in [-0.3, -0.25) is 4.79 Å². The zero-order chi connectivity index (χ0) is 21.7. The van der Waals surface area contributed by atoms with Gasteiger partial charge in [0.15, 0.2) is 0 Å². The smallest absolute Gasteiger partial charge is 0.243 e. The van der Waals surface area contributed by atoms with Gasteiger partial charge in [-0.2, -0.15) is 4.31 Å². The minimum Gasteiger partial charge on any atom is -0.352 e. The summed E-state index contributed by atoms with van der Waals surface area (Å²) >= 11 is 12.6. The third-order valence-corrected chi connectivity index (χ3v) is 7.86. The van der Waals surface area contributed by atoms with Gasteiger partial charge in [0.2, 0.25) is 15.9 Å². The Hall–Kier alpha value is -1.60. The van der Waals surface area contributed by atoms with Crippen LogP contribution in [0, 0.1) is 6.92 Å². The summed E-state index contributed by atoms with van der Waals surface area (Å²) in [6, 6.07) is 11.7. The number of sulfonamides is 1. The third kappa shape index (κ3) is 5.76. The first-order chi connectivity index (χ1) is 14.3. The first-order valence-corrected chi connectivity index (χ1v) is 12.3. The monoisotopic (exact) mass is 468 g/mol. The number of nitrogens with one attached hydrogen (secondary N) is 1. The van der Waals surface area contributed by atoms with Crippen LogP contribution in [0.25, 0.3) is 0 Å². The molecule has 8 heteroatoms. The second kappa shape index (κ2) is 10.1. The molecule has 0 spiro atoms. The number of carbonyl (C=O) groups is 1. The number of carbonyl (C=O) groups excluding carboxylic acids is 1. The molecule has 2 aromatic rings. The fourth-order valence-corrected chi connectivity index (χ4v) is 5.51. The number of benzene rings is 2. The standard InChI is InChI=1S/C22H26Cl2N2O3S/c1-16-10-12-18(13-11-16)30(28,29)26(14-19-20(23)8-5-9-21(19)24)15-22(27)25-17-6-3-2-4-7-17/h5,8-13,17H,2-4,6-7,14-15H2,1H3,(H,25,27). The van der Waals surface area contributed by atoms with E-state index in [0.717, 1.165) is 35.6 Å². The molecule has 1 amide bonds. The molecule has 3 rings (SSSR count). The van der Waals surface area contributed by atoms with Crippen LogP contribution in [0.3, 0.4) is 0 Å². The Labute approximate surface area is 188 Å². The van der Waals surface area contributed by atoms with Crippen molar-refractivity contribution in [2.75, 3.05) is 6.54 Å². The molecule has 0 aliphatic heterocycles. The Balaban J connectivity index is 1.87. The van der Waals surface area contributed by atoms with Crippen LogP contribution in [0.5, 0.6) is 0 Å². The predicted molar refractivity (Wildman–Crippen MR) is 120 cm³/mol. The molecule has 0 radical (unpaired) electrons. The maximum Gasteiger partial charge on any atom is 0.243 e. The number of hydrogen-bond donors (Lipinski definition) is 1. The van der Waals surface area contributed by atoms with E-state index in [1.807, 2.05) is 6.92 Å². The van der Waals surface area contributed by atoms with Crippen molar-refractivity contribution in [3.05, 3.63) is 63.6 Å². The number of aryl methyl sites for hydroxylation is 1. The van der Waals surface area contributed by atoms with Crippen molar-refractivity contribution in [1.29, 1.82) is 0 Å². The normalized spacial score (nSPS) is 15.3. The molecule has 1 saturated carbocycles. The largest absolute Gasteiger partial charge is 0.352 e. The van der Waals surface area contributed by atoms with Crippen molar-refractivity contribution in [3.63, 3.8) is 0 Å². The van der Waals surface area contributed by atoms with Crippen molar-refractivity contribution in [1.82, 2.24) is 9.62 Å². The summed E-state index contributed by atoms with van der Waals surface area (Å²) in [5.41, 5.74) is 1.42. The van der Waals surface area contributed by atoms with Crippen LogP contribution >= 0.6 is 23.2 Å². The molecule has 0 atom stereocenters. The molecule has 30 heavy (non-hydrogen) atoms. The summed E-state index contributed by atoms with van der Waals surface area (Å²) in [6.07, 6.45) is 5.17. The SMILES string of the molecule is Cc1ccc(S(=O)(=O)N(CC(=O)NC2CCCCC2)Cc2c(Cl)cccc2Cl)cc1. The van der Waals surface area contributed by atoms with E-state index in [4.69, 9.17) is 23.2 Å². The van der Waals surface area contributed by atoms with E-state index in [2.05, 4.69) is 5.32 Å². The number of rotatable bonds is 7. The van der Waals surface area contributed by atoms with Gasteiger partial charge in [-0.1, -0.05) is 66.2 Å². The van der Waals surface area contributed by atoms with Crippen molar-refractivity contribution in [2.45, 2.75) is 56.5 Å². The molecular formula is C22H26Cl2N2O3S. The van der Waals surface area contributed by atoms with Gasteiger partial charge in [-0.05, 0) is 44.0 Å². The van der Waals surface area contributed by atoms with Crippen LogP contribution in [0.1, 0.15) is 43.2 Å². The van der Waals surface area contributed by atoms with E-state index < -0.39 is 10.0 Å². The summed E-state index contributed by atoms with van der Waals surface area (Å²) < 4.78 is 27.9. The average molecular weight is 469 g/mol. The van der Waals surface area contributed by atoms with Gasteiger partial charge < -0.3 is 5.32 Å². The zero-order valence-electron chi connectivity index (χ0n) is 16.9. The summed E-state index contributed by atoms with van der Waals surface area (Å²) in [4.78, 5) is 12.9. The molecule has 0 aromatic heterocycles. The molecule has 1 aliphatic rings. The topological polar surface area (TPSA) is 66.5 Å². The second-order valence-electron chi connectivity index (χ2n) is 7.69. The maximum atomic E-state index is 13.4. The lowest BCUT2D eigenvalue weighted by Gasteiger charge is -2.26. The van der Waals surface area contributed by atoms with Gasteiger partial charge in [-0.15, -0.1) is 0 Å². The Morgan fingerprint density at radius 2 is 1.63 bits per heavy atom. The summed E-state index contributed by atoms with van der Waals surface area (Å²) in [5, 5.41) is 3.71. The van der Waals surface area contributed by atoms with Crippen molar-refractivity contribution >= 4 is 39.1 Å². The Morgan fingerprint density at radius 3 is 2.23 bits per heavy atom. The van der Waals surface area contributed by atoms with Gasteiger partial charge >= 0.3 is 0 Å². The highest BCUT2D eigenvalue weighted by molar-refractivity contribution is 7.89. The van der Waals surface area contributed by atoms with E-state index in [1.54, 1.807) is 42.5 Å². The third-order valence-electron chi connectivity index (χ3n) is 5.35. The zero-order valence-corrected chi connectivity index (χ0v) is 19.2. The molecule has 1 N–H and O–H groups in total. The quantitative estimate of drug-likeness (QED) is 0.625. The van der Waals surface area contributed by atoms with E-state index in [-0.39, 0.29) is 29.9 Å². The molecule has 0 bridgehead atoms. The van der Waals surface area contributed by atoms with Crippen LogP contribution in [0.4, 0.5) is 0 Å². The van der Waals surface area contributed by atoms with Crippen LogP contribution in [0.2, 0.25) is 10.0 Å². The molecule has 162 valence electrons. The van der Waals surface area contributed by atoms with E-state index >= 15 is 0 Å².